The van der Waals surface area contributed by atoms with Gasteiger partial charge in [0.1, 0.15) is 11.7 Å². The third kappa shape index (κ3) is 5.53. The summed E-state index contributed by atoms with van der Waals surface area (Å²) in [4.78, 5) is 24.2. The van der Waals surface area contributed by atoms with E-state index >= 15 is 0 Å². The van der Waals surface area contributed by atoms with E-state index in [1.807, 2.05) is 24.6 Å². The molecule has 2 N–H and O–H groups in total. The molecule has 21 heavy (non-hydrogen) atoms. The Balaban J connectivity index is 2.65. The Kier molecular flexibility index (Phi) is 6.95. The van der Waals surface area contributed by atoms with E-state index in [1.54, 1.807) is 13.0 Å². The zero-order valence-corrected chi connectivity index (χ0v) is 14.7. The van der Waals surface area contributed by atoms with Crippen molar-refractivity contribution in [1.82, 2.24) is 15.2 Å². The van der Waals surface area contributed by atoms with Gasteiger partial charge in [-0.2, -0.15) is 0 Å². The first kappa shape index (κ1) is 17.8. The largest absolute Gasteiger partial charge is 0.354 e. The Bertz CT molecular complexity index is 497. The summed E-state index contributed by atoms with van der Waals surface area (Å²) in [6.07, 6.45) is 2.81. The fraction of sp³-hybridized carbons (Fsp3) is 0.600. The Morgan fingerprint density at radius 2 is 2.00 bits per heavy atom. The second kappa shape index (κ2) is 8.22. The molecule has 0 radical (unpaired) electrons. The zero-order chi connectivity index (χ0) is 16.0. The SMILES string of the molecule is CCCn1cc(Br)cc1C(=O)NC(C)C(=O)NCC(C)C. The minimum absolute atomic E-state index is 0.162. The van der Waals surface area contributed by atoms with Gasteiger partial charge in [-0.25, -0.2) is 0 Å². The minimum atomic E-state index is -0.556. The van der Waals surface area contributed by atoms with Crippen LogP contribution in [0, 0.1) is 5.92 Å². The maximum Gasteiger partial charge on any atom is 0.268 e. The average Bonchev–Trinajstić information content (AvgIpc) is 2.77. The molecule has 1 atom stereocenters. The summed E-state index contributed by atoms with van der Waals surface area (Å²) in [5, 5.41) is 5.55. The number of hydrogen-bond acceptors (Lipinski definition) is 2. The van der Waals surface area contributed by atoms with Crippen LogP contribution in [0.5, 0.6) is 0 Å². The predicted octanol–water partition coefficient (Wildman–Crippen LogP) is 2.55. The summed E-state index contributed by atoms with van der Waals surface area (Å²) in [6, 6.07) is 1.21. The summed E-state index contributed by atoms with van der Waals surface area (Å²) in [7, 11) is 0. The van der Waals surface area contributed by atoms with Gasteiger partial charge in [-0.1, -0.05) is 20.8 Å². The van der Waals surface area contributed by atoms with Crippen LogP contribution in [0.2, 0.25) is 0 Å². The van der Waals surface area contributed by atoms with Crippen molar-refractivity contribution in [2.75, 3.05) is 6.54 Å². The molecule has 0 aliphatic heterocycles. The van der Waals surface area contributed by atoms with E-state index < -0.39 is 6.04 Å². The summed E-state index contributed by atoms with van der Waals surface area (Å²) < 4.78 is 2.75. The molecule has 5 nitrogen and oxygen atoms in total. The first-order valence-electron chi connectivity index (χ1n) is 7.29. The molecule has 6 heteroatoms. The van der Waals surface area contributed by atoms with E-state index in [4.69, 9.17) is 0 Å². The van der Waals surface area contributed by atoms with Crippen LogP contribution in [0.15, 0.2) is 16.7 Å². The highest BCUT2D eigenvalue weighted by Gasteiger charge is 2.19. The van der Waals surface area contributed by atoms with Crippen LogP contribution in [0.1, 0.15) is 44.6 Å². The van der Waals surface area contributed by atoms with E-state index in [9.17, 15) is 9.59 Å². The van der Waals surface area contributed by atoms with Gasteiger partial charge in [0.05, 0.1) is 0 Å². The van der Waals surface area contributed by atoms with Crippen LogP contribution < -0.4 is 10.6 Å². The maximum atomic E-state index is 12.3. The van der Waals surface area contributed by atoms with Crippen molar-refractivity contribution in [3.05, 3.63) is 22.4 Å². The number of carbonyl (C=O) groups is 2. The predicted molar refractivity (Wildman–Crippen MR) is 87.2 cm³/mol. The standard InChI is InChI=1S/C15H24BrN3O2/c1-5-6-19-9-12(16)7-13(19)15(21)18-11(4)14(20)17-8-10(2)3/h7,9-11H,5-6,8H2,1-4H3,(H,17,20)(H,18,21). The van der Waals surface area contributed by atoms with Crippen LogP contribution >= 0.6 is 15.9 Å². The van der Waals surface area contributed by atoms with Gasteiger partial charge in [0, 0.05) is 23.8 Å². The molecule has 1 rings (SSSR count). The molecule has 118 valence electrons. The number of aryl methyl sites for hydroxylation is 1. The lowest BCUT2D eigenvalue weighted by Crippen LogP contribution is -2.46. The highest BCUT2D eigenvalue weighted by molar-refractivity contribution is 9.10. The number of hydrogen-bond donors (Lipinski definition) is 2. The Labute approximate surface area is 134 Å². The monoisotopic (exact) mass is 357 g/mol. The molecule has 0 fully saturated rings. The maximum absolute atomic E-state index is 12.3. The van der Waals surface area contributed by atoms with Gasteiger partial charge in [0.15, 0.2) is 0 Å². The lowest BCUT2D eigenvalue weighted by molar-refractivity contribution is -0.122. The van der Waals surface area contributed by atoms with Crippen molar-refractivity contribution in [2.45, 2.75) is 46.7 Å². The summed E-state index contributed by atoms with van der Waals surface area (Å²) >= 11 is 3.38. The normalized spacial score (nSPS) is 12.3. The van der Waals surface area contributed by atoms with Gasteiger partial charge in [0.2, 0.25) is 5.91 Å². The van der Waals surface area contributed by atoms with Crippen molar-refractivity contribution in [3.63, 3.8) is 0 Å². The molecular formula is C15H24BrN3O2. The smallest absolute Gasteiger partial charge is 0.268 e. The third-order valence-electron chi connectivity index (χ3n) is 2.99. The number of amides is 2. The van der Waals surface area contributed by atoms with Crippen molar-refractivity contribution in [2.24, 2.45) is 5.92 Å². The Morgan fingerprint density at radius 3 is 2.57 bits per heavy atom. The van der Waals surface area contributed by atoms with Crippen molar-refractivity contribution in [1.29, 1.82) is 0 Å². The van der Waals surface area contributed by atoms with E-state index in [-0.39, 0.29) is 11.8 Å². The zero-order valence-electron chi connectivity index (χ0n) is 13.1. The molecule has 2 amide bonds. The van der Waals surface area contributed by atoms with E-state index in [0.717, 1.165) is 17.4 Å². The molecule has 1 unspecified atom stereocenters. The molecule has 1 heterocycles. The average molecular weight is 358 g/mol. The van der Waals surface area contributed by atoms with E-state index in [2.05, 4.69) is 33.5 Å². The van der Waals surface area contributed by atoms with E-state index in [0.29, 0.717) is 18.2 Å². The summed E-state index contributed by atoms with van der Waals surface area (Å²) in [6.45, 7) is 9.17. The van der Waals surface area contributed by atoms with Crippen molar-refractivity contribution in [3.8, 4) is 0 Å². The van der Waals surface area contributed by atoms with Crippen LogP contribution in [0.3, 0.4) is 0 Å². The second-order valence-corrected chi connectivity index (χ2v) is 6.49. The molecule has 1 aromatic heterocycles. The van der Waals surface area contributed by atoms with Crippen LogP contribution in [-0.4, -0.2) is 29.0 Å². The number of halogens is 1. The van der Waals surface area contributed by atoms with Crippen LogP contribution in [0.4, 0.5) is 0 Å². The van der Waals surface area contributed by atoms with Gasteiger partial charge in [-0.15, -0.1) is 0 Å². The van der Waals surface area contributed by atoms with Gasteiger partial charge >= 0.3 is 0 Å². The van der Waals surface area contributed by atoms with E-state index in [1.165, 1.54) is 0 Å². The fourth-order valence-electron chi connectivity index (χ4n) is 1.89. The number of nitrogens with zero attached hydrogens (tertiary/aromatic N) is 1. The fourth-order valence-corrected chi connectivity index (χ4v) is 2.35. The first-order valence-corrected chi connectivity index (χ1v) is 8.08. The van der Waals surface area contributed by atoms with Gasteiger partial charge < -0.3 is 15.2 Å². The Morgan fingerprint density at radius 1 is 1.33 bits per heavy atom. The lowest BCUT2D eigenvalue weighted by atomic mass is 10.2. The second-order valence-electron chi connectivity index (χ2n) is 5.57. The quantitative estimate of drug-likeness (QED) is 0.787. The molecular weight excluding hydrogens is 334 g/mol. The number of aromatic nitrogens is 1. The highest BCUT2D eigenvalue weighted by Crippen LogP contribution is 2.15. The van der Waals surface area contributed by atoms with Crippen LogP contribution in [-0.2, 0) is 11.3 Å². The van der Waals surface area contributed by atoms with Gasteiger partial charge in [0.25, 0.3) is 5.91 Å². The molecule has 0 saturated carbocycles. The topological polar surface area (TPSA) is 63.1 Å². The molecule has 1 aromatic rings. The van der Waals surface area contributed by atoms with Crippen molar-refractivity contribution < 1.29 is 9.59 Å². The van der Waals surface area contributed by atoms with Gasteiger partial charge in [-0.05, 0) is 41.3 Å². The Hall–Kier alpha value is -1.30. The molecule has 0 aliphatic carbocycles. The lowest BCUT2D eigenvalue weighted by Gasteiger charge is -2.16. The molecule has 0 aliphatic rings. The summed E-state index contributed by atoms with van der Waals surface area (Å²) in [5.41, 5.74) is 0.562. The number of nitrogens with one attached hydrogen (secondary N) is 2. The molecule has 0 aromatic carbocycles. The van der Waals surface area contributed by atoms with Gasteiger partial charge in [-0.3, -0.25) is 9.59 Å². The minimum Gasteiger partial charge on any atom is -0.354 e. The first-order chi connectivity index (χ1) is 9.85. The molecule has 0 spiro atoms. The summed E-state index contributed by atoms with van der Waals surface area (Å²) in [5.74, 6) is -0.0133. The highest BCUT2D eigenvalue weighted by atomic mass is 79.9. The third-order valence-corrected chi connectivity index (χ3v) is 3.42. The molecule has 0 bridgehead atoms. The molecule has 0 saturated heterocycles. The number of rotatable bonds is 7. The van der Waals surface area contributed by atoms with Crippen LogP contribution in [0.25, 0.3) is 0 Å². The number of carbonyl (C=O) groups excluding carboxylic acids is 2. The van der Waals surface area contributed by atoms with Crippen molar-refractivity contribution >= 4 is 27.7 Å².